The molecule has 0 aromatic rings. The smallest absolute Gasteiger partial charge is 0.306 e. The van der Waals surface area contributed by atoms with Gasteiger partial charge in [0.1, 0.15) is 6.04 Å². The summed E-state index contributed by atoms with van der Waals surface area (Å²) >= 11 is 0. The van der Waals surface area contributed by atoms with Crippen molar-refractivity contribution >= 4 is 17.8 Å². The molecule has 136 valence electrons. The minimum atomic E-state index is -0.484. The lowest BCUT2D eigenvalue weighted by molar-refractivity contribution is -0.143. The van der Waals surface area contributed by atoms with Gasteiger partial charge in [-0.05, 0) is 26.7 Å². The van der Waals surface area contributed by atoms with E-state index in [1.165, 1.54) is 7.11 Å². The Bertz CT molecular complexity index is 478. The third-order valence-corrected chi connectivity index (χ3v) is 5.06. The Morgan fingerprint density at radius 1 is 1.25 bits per heavy atom. The summed E-state index contributed by atoms with van der Waals surface area (Å²) in [4.78, 5) is 39.8. The van der Waals surface area contributed by atoms with Gasteiger partial charge in [0, 0.05) is 38.1 Å². The van der Waals surface area contributed by atoms with Crippen LogP contribution < -0.4 is 5.32 Å². The Morgan fingerprint density at radius 3 is 2.50 bits per heavy atom. The van der Waals surface area contributed by atoms with Crippen LogP contribution >= 0.6 is 0 Å². The molecule has 1 aliphatic carbocycles. The van der Waals surface area contributed by atoms with Crippen LogP contribution in [0.4, 0.5) is 0 Å². The van der Waals surface area contributed by atoms with Crippen LogP contribution in [0.25, 0.3) is 0 Å². The van der Waals surface area contributed by atoms with Crippen LogP contribution in [0.1, 0.15) is 39.5 Å². The largest absolute Gasteiger partial charge is 0.469 e. The predicted octanol–water partition coefficient (Wildman–Crippen LogP) is 0.387. The maximum Gasteiger partial charge on any atom is 0.306 e. The number of nitrogens with zero attached hydrogens (tertiary/aromatic N) is 2. The molecule has 1 heterocycles. The highest BCUT2D eigenvalue weighted by Crippen LogP contribution is 2.26. The van der Waals surface area contributed by atoms with Crippen LogP contribution in [-0.2, 0) is 19.1 Å². The van der Waals surface area contributed by atoms with Gasteiger partial charge in [0.15, 0.2) is 0 Å². The van der Waals surface area contributed by atoms with Gasteiger partial charge in [-0.25, -0.2) is 0 Å². The first-order chi connectivity index (χ1) is 11.4. The molecular weight excluding hydrogens is 310 g/mol. The summed E-state index contributed by atoms with van der Waals surface area (Å²) in [6, 6.07) is -0.422. The Morgan fingerprint density at radius 2 is 1.96 bits per heavy atom. The third kappa shape index (κ3) is 4.69. The quantitative estimate of drug-likeness (QED) is 0.708. The normalized spacial score (nSPS) is 23.3. The number of esters is 1. The molecule has 1 saturated heterocycles. The number of hydrogen-bond acceptors (Lipinski definition) is 5. The summed E-state index contributed by atoms with van der Waals surface area (Å²) in [7, 11) is 1.39. The highest BCUT2D eigenvalue weighted by molar-refractivity contribution is 5.88. The minimum Gasteiger partial charge on any atom is -0.469 e. The van der Waals surface area contributed by atoms with Crippen molar-refractivity contribution in [2.45, 2.75) is 51.6 Å². The van der Waals surface area contributed by atoms with Crippen molar-refractivity contribution < 1.29 is 19.1 Å². The highest BCUT2D eigenvalue weighted by atomic mass is 16.5. The average Bonchev–Trinajstić information content (AvgIpc) is 2.50. The lowest BCUT2D eigenvalue weighted by Gasteiger charge is -2.41. The number of ether oxygens (including phenoxy) is 1. The molecule has 0 aromatic carbocycles. The first-order valence-corrected chi connectivity index (χ1v) is 8.82. The first kappa shape index (κ1) is 18.7. The second kappa shape index (κ2) is 8.46. The number of rotatable bonds is 6. The molecule has 2 rings (SSSR count). The van der Waals surface area contributed by atoms with Crippen LogP contribution in [-0.4, -0.2) is 73.0 Å². The summed E-state index contributed by atoms with van der Waals surface area (Å²) in [5.74, 6) is -0.143. The van der Waals surface area contributed by atoms with Gasteiger partial charge in [0.05, 0.1) is 13.5 Å². The standard InChI is InChI=1S/C17H29N3O4/c1-12-11-19(8-7-15(21)24-3)9-10-20(12)17(23)13(2)18-16(22)14-5-4-6-14/h12-14H,4-11H2,1-3H3,(H,18,22)/t12-,13-/m0/s1. The van der Waals surface area contributed by atoms with Crippen LogP contribution in [0.5, 0.6) is 0 Å². The van der Waals surface area contributed by atoms with E-state index in [1.54, 1.807) is 6.92 Å². The molecule has 1 saturated carbocycles. The van der Waals surface area contributed by atoms with Crippen LogP contribution in [0, 0.1) is 5.92 Å². The highest BCUT2D eigenvalue weighted by Gasteiger charge is 2.32. The molecule has 0 bridgehead atoms. The Kier molecular flexibility index (Phi) is 6.60. The molecule has 0 unspecified atom stereocenters. The van der Waals surface area contributed by atoms with Crippen LogP contribution in [0.2, 0.25) is 0 Å². The second-order valence-electron chi connectivity index (χ2n) is 6.87. The second-order valence-corrected chi connectivity index (χ2v) is 6.87. The SMILES string of the molecule is COC(=O)CCN1CCN(C(=O)[C@H](C)NC(=O)C2CCC2)[C@@H](C)C1. The van der Waals surface area contributed by atoms with Crippen molar-refractivity contribution in [3.63, 3.8) is 0 Å². The summed E-state index contributed by atoms with van der Waals surface area (Å²) in [5, 5.41) is 2.85. The van der Waals surface area contributed by atoms with Gasteiger partial charge < -0.3 is 15.0 Å². The fourth-order valence-electron chi connectivity index (χ4n) is 3.23. The number of methoxy groups -OCH3 is 1. The fraction of sp³-hybridized carbons (Fsp3) is 0.824. The number of amides is 2. The number of carbonyl (C=O) groups is 3. The van der Waals surface area contributed by atoms with Gasteiger partial charge >= 0.3 is 5.97 Å². The Balaban J connectivity index is 1.78. The van der Waals surface area contributed by atoms with Gasteiger partial charge in [-0.3, -0.25) is 19.3 Å². The van der Waals surface area contributed by atoms with Crippen molar-refractivity contribution in [3.8, 4) is 0 Å². The van der Waals surface area contributed by atoms with E-state index < -0.39 is 6.04 Å². The summed E-state index contributed by atoms with van der Waals surface area (Å²) in [5.41, 5.74) is 0. The maximum absolute atomic E-state index is 12.6. The topological polar surface area (TPSA) is 79.0 Å². The van der Waals surface area contributed by atoms with Gasteiger partial charge in [-0.15, -0.1) is 0 Å². The lowest BCUT2D eigenvalue weighted by Crippen LogP contribution is -2.58. The maximum atomic E-state index is 12.6. The van der Waals surface area contributed by atoms with Crippen molar-refractivity contribution in [2.75, 3.05) is 33.3 Å². The van der Waals surface area contributed by atoms with Gasteiger partial charge in [-0.2, -0.15) is 0 Å². The van der Waals surface area contributed by atoms with E-state index in [0.29, 0.717) is 19.5 Å². The van der Waals surface area contributed by atoms with Crippen molar-refractivity contribution in [1.29, 1.82) is 0 Å². The molecule has 1 N–H and O–H groups in total. The van der Waals surface area contributed by atoms with E-state index >= 15 is 0 Å². The van der Waals surface area contributed by atoms with E-state index in [-0.39, 0.29) is 29.7 Å². The molecule has 7 heteroatoms. The molecule has 2 aliphatic rings. The van der Waals surface area contributed by atoms with Crippen molar-refractivity contribution in [3.05, 3.63) is 0 Å². The molecule has 24 heavy (non-hydrogen) atoms. The molecule has 2 fully saturated rings. The van der Waals surface area contributed by atoms with Crippen molar-refractivity contribution in [2.24, 2.45) is 5.92 Å². The Hall–Kier alpha value is -1.63. The van der Waals surface area contributed by atoms with E-state index in [9.17, 15) is 14.4 Å². The van der Waals surface area contributed by atoms with Crippen LogP contribution in [0.15, 0.2) is 0 Å². The van der Waals surface area contributed by atoms with E-state index in [2.05, 4.69) is 15.0 Å². The summed E-state index contributed by atoms with van der Waals surface area (Å²) < 4.78 is 4.66. The van der Waals surface area contributed by atoms with Gasteiger partial charge in [0.25, 0.3) is 0 Å². The molecule has 0 aromatic heterocycles. The minimum absolute atomic E-state index is 0.00599. The third-order valence-electron chi connectivity index (χ3n) is 5.06. The fourth-order valence-corrected chi connectivity index (χ4v) is 3.23. The lowest BCUT2D eigenvalue weighted by atomic mass is 9.84. The van der Waals surface area contributed by atoms with Crippen LogP contribution in [0.3, 0.4) is 0 Å². The van der Waals surface area contributed by atoms with Gasteiger partial charge in [-0.1, -0.05) is 6.42 Å². The number of nitrogens with one attached hydrogen (secondary N) is 1. The first-order valence-electron chi connectivity index (χ1n) is 8.82. The Labute approximate surface area is 143 Å². The molecular formula is C17H29N3O4. The average molecular weight is 339 g/mol. The van der Waals surface area contributed by atoms with E-state index in [4.69, 9.17) is 0 Å². The summed E-state index contributed by atoms with van der Waals surface area (Å²) in [6.07, 6.45) is 3.33. The van der Waals surface area contributed by atoms with Crippen molar-refractivity contribution in [1.82, 2.24) is 15.1 Å². The number of piperazine rings is 1. The number of hydrogen-bond donors (Lipinski definition) is 1. The van der Waals surface area contributed by atoms with Gasteiger partial charge in [0.2, 0.25) is 11.8 Å². The molecule has 2 atom stereocenters. The summed E-state index contributed by atoms with van der Waals surface area (Å²) in [6.45, 7) is 6.48. The zero-order valence-electron chi connectivity index (χ0n) is 14.9. The zero-order valence-corrected chi connectivity index (χ0v) is 14.9. The molecule has 7 nitrogen and oxygen atoms in total. The number of carbonyl (C=O) groups excluding carboxylic acids is 3. The molecule has 2 amide bonds. The van der Waals surface area contributed by atoms with E-state index in [0.717, 1.165) is 32.4 Å². The van der Waals surface area contributed by atoms with E-state index in [1.807, 2.05) is 11.8 Å². The predicted molar refractivity (Wildman–Crippen MR) is 89.2 cm³/mol. The zero-order chi connectivity index (χ0) is 17.7. The molecule has 1 aliphatic heterocycles. The monoisotopic (exact) mass is 339 g/mol. The molecule has 0 radical (unpaired) electrons. The molecule has 0 spiro atoms.